The van der Waals surface area contributed by atoms with Gasteiger partial charge in [-0.3, -0.25) is 4.90 Å². The summed E-state index contributed by atoms with van der Waals surface area (Å²) in [6, 6.07) is 0.406. The Kier molecular flexibility index (Phi) is 7.71. The average molecular weight is 507 g/mol. The Labute approximate surface area is 220 Å². The number of nitrogens with zero attached hydrogens (tertiary/aromatic N) is 5. The third-order valence-electron chi connectivity index (χ3n) is 9.25. The van der Waals surface area contributed by atoms with E-state index in [9.17, 15) is 9.90 Å². The van der Waals surface area contributed by atoms with Crippen molar-refractivity contribution < 1.29 is 9.90 Å². The van der Waals surface area contributed by atoms with Gasteiger partial charge in [-0.05, 0) is 89.1 Å². The van der Waals surface area contributed by atoms with E-state index in [1.807, 2.05) is 0 Å². The van der Waals surface area contributed by atoms with E-state index in [0.717, 1.165) is 63.1 Å². The van der Waals surface area contributed by atoms with Crippen LogP contribution >= 0.6 is 0 Å². The minimum atomic E-state index is -1.12. The summed E-state index contributed by atoms with van der Waals surface area (Å²) in [6.07, 6.45) is 15.9. The van der Waals surface area contributed by atoms with Gasteiger partial charge in [0.05, 0.1) is 6.04 Å². The molecular formula is C29H42N6O2. The van der Waals surface area contributed by atoms with Crippen LogP contribution in [0.4, 0.5) is 5.82 Å². The van der Waals surface area contributed by atoms with Gasteiger partial charge in [0.15, 0.2) is 11.5 Å². The maximum absolute atomic E-state index is 12.0. The number of rotatable bonds is 8. The molecule has 37 heavy (non-hydrogen) atoms. The molecule has 2 unspecified atom stereocenters. The Balaban J connectivity index is 1.60. The molecule has 1 aliphatic heterocycles. The molecule has 8 heteroatoms. The topological polar surface area (TPSA) is 96.2 Å². The third kappa shape index (κ3) is 5.34. The van der Waals surface area contributed by atoms with E-state index in [4.69, 9.17) is 11.4 Å². The molecule has 5 rings (SSSR count). The zero-order chi connectivity index (χ0) is 26.1. The van der Waals surface area contributed by atoms with Gasteiger partial charge >= 0.3 is 5.97 Å². The normalized spacial score (nSPS) is 27.9. The lowest BCUT2D eigenvalue weighted by Crippen LogP contribution is -2.37. The first-order chi connectivity index (χ1) is 17.9. The molecule has 2 aliphatic carbocycles. The van der Waals surface area contributed by atoms with Crippen molar-refractivity contribution in [2.45, 2.75) is 97.2 Å². The number of hydrogen-bond acceptors (Lipinski definition) is 6. The molecule has 3 fully saturated rings. The lowest BCUT2D eigenvalue weighted by Gasteiger charge is -2.38. The molecule has 2 aromatic rings. The standard InChI is InChI=1S/C29H42N6O2/c1-5-20-10-12-21(13-11-20)17-35-24-25(30-19(4)22-8-7-9-22)31-27(29(36)37)32-26(24)33-28(35)23-16-18(3)14-15-34(23)6-2/h1,18-23H,6-17H2,2-4H3,(H,36,37)(H,30,31,32)/t18?,19-,20?,21?,23?/m1/s1. The van der Waals surface area contributed by atoms with Crippen LogP contribution in [0.3, 0.4) is 0 Å². The van der Waals surface area contributed by atoms with Gasteiger partial charge in [-0.2, -0.15) is 0 Å². The zero-order valence-corrected chi connectivity index (χ0v) is 22.6. The molecule has 200 valence electrons. The minimum absolute atomic E-state index is 0.189. The fourth-order valence-electron chi connectivity index (χ4n) is 6.57. The highest BCUT2D eigenvalue weighted by molar-refractivity contribution is 5.90. The highest BCUT2D eigenvalue weighted by Crippen LogP contribution is 2.39. The minimum Gasteiger partial charge on any atom is -0.475 e. The molecule has 2 N–H and O–H groups in total. The molecule has 0 bridgehead atoms. The Morgan fingerprint density at radius 3 is 2.54 bits per heavy atom. The molecule has 3 aliphatic rings. The molecular weight excluding hydrogens is 464 g/mol. The van der Waals surface area contributed by atoms with Gasteiger partial charge < -0.3 is 15.0 Å². The number of terminal acetylenes is 1. The van der Waals surface area contributed by atoms with Crippen LogP contribution in [0.1, 0.15) is 101 Å². The van der Waals surface area contributed by atoms with Crippen molar-refractivity contribution in [2.24, 2.45) is 23.7 Å². The molecule has 0 spiro atoms. The first-order valence-electron chi connectivity index (χ1n) is 14.4. The predicted octanol–water partition coefficient (Wildman–Crippen LogP) is 5.36. The number of anilines is 1. The first kappa shape index (κ1) is 26.0. The van der Waals surface area contributed by atoms with Crippen LogP contribution in [0.2, 0.25) is 0 Å². The Morgan fingerprint density at radius 1 is 1.16 bits per heavy atom. The van der Waals surface area contributed by atoms with Gasteiger partial charge in [-0.1, -0.05) is 20.3 Å². The highest BCUT2D eigenvalue weighted by Gasteiger charge is 2.34. The number of nitrogens with one attached hydrogen (secondary N) is 1. The summed E-state index contributed by atoms with van der Waals surface area (Å²) in [5.41, 5.74) is 1.36. The summed E-state index contributed by atoms with van der Waals surface area (Å²) < 4.78 is 2.35. The summed E-state index contributed by atoms with van der Waals surface area (Å²) in [7, 11) is 0. The summed E-state index contributed by atoms with van der Waals surface area (Å²) in [5.74, 6) is 5.36. The molecule has 3 heterocycles. The number of likely N-dealkylation sites (tertiary alicyclic amines) is 1. The number of aromatic carboxylic acids is 1. The van der Waals surface area contributed by atoms with E-state index in [-0.39, 0.29) is 17.9 Å². The quantitative estimate of drug-likeness (QED) is 0.466. The van der Waals surface area contributed by atoms with Crippen LogP contribution in [0.25, 0.3) is 11.2 Å². The third-order valence-corrected chi connectivity index (χ3v) is 9.25. The average Bonchev–Trinajstić information content (AvgIpc) is 3.21. The van der Waals surface area contributed by atoms with Gasteiger partial charge in [0.2, 0.25) is 5.82 Å². The lowest BCUT2D eigenvalue weighted by molar-refractivity contribution is 0.0684. The monoisotopic (exact) mass is 506 g/mol. The van der Waals surface area contributed by atoms with Crippen LogP contribution in [-0.2, 0) is 6.54 Å². The molecule has 2 saturated carbocycles. The largest absolute Gasteiger partial charge is 0.475 e. The number of carbonyl (C=O) groups is 1. The van der Waals surface area contributed by atoms with Gasteiger partial charge in [0, 0.05) is 18.5 Å². The highest BCUT2D eigenvalue weighted by atomic mass is 16.4. The number of carboxylic acid groups (broad SMARTS) is 1. The Bertz CT molecular complexity index is 1160. The van der Waals surface area contributed by atoms with Crippen LogP contribution in [0.5, 0.6) is 0 Å². The zero-order valence-electron chi connectivity index (χ0n) is 22.6. The van der Waals surface area contributed by atoms with Crippen molar-refractivity contribution >= 4 is 23.0 Å². The van der Waals surface area contributed by atoms with Crippen molar-refractivity contribution in [3.63, 3.8) is 0 Å². The first-order valence-corrected chi connectivity index (χ1v) is 14.4. The Morgan fingerprint density at radius 2 is 1.92 bits per heavy atom. The summed E-state index contributed by atoms with van der Waals surface area (Å²) in [4.78, 5) is 28.6. The number of piperidine rings is 1. The van der Waals surface area contributed by atoms with Crippen molar-refractivity contribution in [1.82, 2.24) is 24.4 Å². The number of fused-ring (bicyclic) bond motifs is 1. The second-order valence-electron chi connectivity index (χ2n) is 11.7. The van der Waals surface area contributed by atoms with Crippen molar-refractivity contribution in [2.75, 3.05) is 18.4 Å². The van der Waals surface area contributed by atoms with Gasteiger partial charge in [-0.25, -0.2) is 19.7 Å². The van der Waals surface area contributed by atoms with Crippen LogP contribution in [0, 0.1) is 36.0 Å². The SMILES string of the molecule is C#CC1CCC(Cn2c(C3CC(C)CCN3CC)nc3nc(C(=O)O)nc(N[C@H](C)C4CCC4)c32)CC1. The molecule has 3 atom stereocenters. The predicted molar refractivity (Wildman–Crippen MR) is 145 cm³/mol. The maximum Gasteiger partial charge on any atom is 0.374 e. The smallest absolute Gasteiger partial charge is 0.374 e. The van der Waals surface area contributed by atoms with Gasteiger partial charge in [0.1, 0.15) is 11.3 Å². The molecule has 0 radical (unpaired) electrons. The molecule has 0 amide bonds. The maximum atomic E-state index is 12.0. The molecule has 8 nitrogen and oxygen atoms in total. The van der Waals surface area contributed by atoms with Gasteiger partial charge in [0.25, 0.3) is 0 Å². The van der Waals surface area contributed by atoms with Crippen molar-refractivity contribution in [1.29, 1.82) is 0 Å². The Hall–Kier alpha value is -2.66. The van der Waals surface area contributed by atoms with E-state index in [0.29, 0.717) is 35.1 Å². The fourth-order valence-corrected chi connectivity index (χ4v) is 6.57. The van der Waals surface area contributed by atoms with E-state index in [2.05, 4.69) is 51.4 Å². The summed E-state index contributed by atoms with van der Waals surface area (Å²) in [6.45, 7) is 9.57. The van der Waals surface area contributed by atoms with E-state index >= 15 is 0 Å². The number of carboxylic acids is 1. The van der Waals surface area contributed by atoms with Crippen LogP contribution in [0.15, 0.2) is 0 Å². The van der Waals surface area contributed by atoms with E-state index in [1.54, 1.807) is 0 Å². The number of imidazole rings is 1. The van der Waals surface area contributed by atoms with Crippen molar-refractivity contribution in [3.05, 3.63) is 11.6 Å². The molecule has 2 aromatic heterocycles. The van der Waals surface area contributed by atoms with Crippen LogP contribution < -0.4 is 5.32 Å². The van der Waals surface area contributed by atoms with E-state index in [1.165, 1.54) is 25.7 Å². The second kappa shape index (κ2) is 11.0. The van der Waals surface area contributed by atoms with E-state index < -0.39 is 5.97 Å². The number of hydrogen-bond donors (Lipinski definition) is 2. The summed E-state index contributed by atoms with van der Waals surface area (Å²) in [5, 5.41) is 13.4. The lowest BCUT2D eigenvalue weighted by atomic mass is 9.80. The molecule has 1 saturated heterocycles. The fraction of sp³-hybridized carbons (Fsp3) is 0.724. The number of aromatic nitrogens is 4. The van der Waals surface area contributed by atoms with Crippen LogP contribution in [-0.4, -0.2) is 54.6 Å². The van der Waals surface area contributed by atoms with Gasteiger partial charge in [-0.15, -0.1) is 12.3 Å². The summed E-state index contributed by atoms with van der Waals surface area (Å²) >= 11 is 0. The second-order valence-corrected chi connectivity index (χ2v) is 11.7. The van der Waals surface area contributed by atoms with Crippen molar-refractivity contribution in [3.8, 4) is 12.3 Å². The molecule has 0 aromatic carbocycles.